The highest BCUT2D eigenvalue weighted by atomic mass is 32.2. The Morgan fingerprint density at radius 2 is 1.66 bits per heavy atom. The van der Waals surface area contributed by atoms with Crippen molar-refractivity contribution in [2.45, 2.75) is 17.9 Å². The number of ether oxygens (including phenoxy) is 4. The van der Waals surface area contributed by atoms with Crippen LogP contribution in [0.4, 0.5) is 5.69 Å². The predicted octanol–water partition coefficient (Wildman–Crippen LogP) is 1.07. The number of anilines is 1. The Labute approximate surface area is 223 Å². The van der Waals surface area contributed by atoms with E-state index in [1.54, 1.807) is 12.1 Å². The molecule has 3 rings (SSSR count). The molecular weight excluding hydrogens is 538 g/mol. The van der Waals surface area contributed by atoms with E-state index >= 15 is 0 Å². The van der Waals surface area contributed by atoms with Crippen LogP contribution in [0.15, 0.2) is 47.4 Å². The number of hydrogen-bond acceptors (Lipinski definition) is 9. The average Bonchev–Trinajstić information content (AvgIpc) is 2.91. The van der Waals surface area contributed by atoms with Gasteiger partial charge < -0.3 is 24.3 Å². The summed E-state index contributed by atoms with van der Waals surface area (Å²) in [5, 5.41) is 2.66. The van der Waals surface area contributed by atoms with E-state index in [0.717, 1.165) is 10.6 Å². The molecule has 1 heterocycles. The summed E-state index contributed by atoms with van der Waals surface area (Å²) in [6.45, 7) is 2.96. The number of carbonyl (C=O) groups excluding carboxylic acids is 1. The zero-order chi connectivity index (χ0) is 27.9. The molecule has 38 heavy (non-hydrogen) atoms. The maximum atomic E-state index is 12.9. The van der Waals surface area contributed by atoms with Crippen molar-refractivity contribution in [3.05, 3.63) is 42.5 Å². The number of amides is 1. The van der Waals surface area contributed by atoms with Crippen LogP contribution >= 0.6 is 0 Å². The summed E-state index contributed by atoms with van der Waals surface area (Å²) < 4.78 is 74.4. The van der Waals surface area contributed by atoms with Crippen molar-refractivity contribution in [3.63, 3.8) is 0 Å². The van der Waals surface area contributed by atoms with Gasteiger partial charge in [-0.2, -0.15) is 4.31 Å². The zero-order valence-corrected chi connectivity index (χ0v) is 23.4. The molecule has 1 atom stereocenters. The maximum Gasteiger partial charge on any atom is 0.243 e. The Morgan fingerprint density at radius 1 is 1.03 bits per heavy atom. The van der Waals surface area contributed by atoms with E-state index in [1.165, 1.54) is 55.8 Å². The Hall–Kier alpha value is -3.07. The highest BCUT2D eigenvalue weighted by Gasteiger charge is 2.31. The molecule has 1 aliphatic rings. The van der Waals surface area contributed by atoms with E-state index in [-0.39, 0.29) is 29.5 Å². The Bertz CT molecular complexity index is 1310. The normalized spacial score (nSPS) is 15.4. The Kier molecular flexibility index (Phi) is 9.82. The van der Waals surface area contributed by atoms with Crippen LogP contribution in [0.3, 0.4) is 0 Å². The molecule has 14 heteroatoms. The van der Waals surface area contributed by atoms with Crippen molar-refractivity contribution < 1.29 is 40.6 Å². The number of nitrogens with zero attached hydrogens (tertiary/aromatic N) is 2. The Morgan fingerprint density at radius 3 is 2.24 bits per heavy atom. The van der Waals surface area contributed by atoms with E-state index in [4.69, 9.17) is 18.9 Å². The van der Waals surface area contributed by atoms with Gasteiger partial charge in [0.2, 0.25) is 26.0 Å². The number of sulfonamides is 2. The molecule has 1 N–H and O–H groups in total. The van der Waals surface area contributed by atoms with Crippen LogP contribution < -0.4 is 23.8 Å². The lowest BCUT2D eigenvalue weighted by Crippen LogP contribution is -2.48. The van der Waals surface area contributed by atoms with Crippen molar-refractivity contribution >= 4 is 31.6 Å². The van der Waals surface area contributed by atoms with E-state index in [9.17, 15) is 21.6 Å². The number of methoxy groups -OCH3 is 2. The number of benzene rings is 2. The molecule has 12 nitrogen and oxygen atoms in total. The summed E-state index contributed by atoms with van der Waals surface area (Å²) in [6, 6.07) is 9.57. The summed E-state index contributed by atoms with van der Waals surface area (Å²) in [5.41, 5.74) is 0.167. The first-order chi connectivity index (χ1) is 18.0. The lowest BCUT2D eigenvalue weighted by Gasteiger charge is -2.29. The molecule has 1 fully saturated rings. The number of morpholine rings is 1. The summed E-state index contributed by atoms with van der Waals surface area (Å²) in [4.78, 5) is 13.0. The van der Waals surface area contributed by atoms with Gasteiger partial charge in [-0.05, 0) is 43.3 Å². The van der Waals surface area contributed by atoms with Gasteiger partial charge in [-0.25, -0.2) is 16.8 Å². The second kappa shape index (κ2) is 12.7. The minimum Gasteiger partial charge on any atom is -0.497 e. The fourth-order valence-electron chi connectivity index (χ4n) is 3.88. The molecule has 2 aromatic carbocycles. The minimum atomic E-state index is -3.87. The molecule has 0 saturated carbocycles. The van der Waals surface area contributed by atoms with Gasteiger partial charge in [-0.15, -0.1) is 0 Å². The Balaban J connectivity index is 1.60. The second-order valence-electron chi connectivity index (χ2n) is 8.40. The van der Waals surface area contributed by atoms with Crippen molar-refractivity contribution in [1.29, 1.82) is 0 Å². The van der Waals surface area contributed by atoms with Gasteiger partial charge in [-0.1, -0.05) is 0 Å². The molecule has 0 unspecified atom stereocenters. The topological polar surface area (TPSA) is 141 Å². The number of rotatable bonds is 12. The molecule has 0 radical (unpaired) electrons. The van der Waals surface area contributed by atoms with Gasteiger partial charge in [0.15, 0.2) is 0 Å². The second-order valence-corrected chi connectivity index (χ2v) is 12.2. The fraction of sp³-hybridized carbons (Fsp3) is 0.458. The van der Waals surface area contributed by atoms with E-state index in [1.807, 2.05) is 0 Å². The van der Waals surface area contributed by atoms with Crippen molar-refractivity contribution in [2.75, 3.05) is 64.2 Å². The highest BCUT2D eigenvalue weighted by molar-refractivity contribution is 7.92. The zero-order valence-electron chi connectivity index (χ0n) is 21.7. The summed E-state index contributed by atoms with van der Waals surface area (Å²) in [5.74, 6) is 0.542. The summed E-state index contributed by atoms with van der Waals surface area (Å²) >= 11 is 0. The minimum absolute atomic E-state index is 0.0787. The lowest BCUT2D eigenvalue weighted by atomic mass is 10.2. The maximum absolute atomic E-state index is 12.9. The number of carbonyl (C=O) groups is 1. The third kappa shape index (κ3) is 7.07. The molecule has 2 aromatic rings. The lowest BCUT2D eigenvalue weighted by molar-refractivity contribution is -0.121. The van der Waals surface area contributed by atoms with Gasteiger partial charge in [0.05, 0.1) is 50.8 Å². The standard InChI is InChI=1S/C24H33N3O9S2/c1-18(27(37(4,29)30)22-17-20(33-2)7-10-23(22)34-3)24(28)25-11-14-36-19-5-8-21(9-6-19)38(31,32)26-12-15-35-16-13-26/h5-10,17-18H,11-16H2,1-4H3,(H,25,28)/t18-/m0/s1. The van der Waals surface area contributed by atoms with Gasteiger partial charge in [0.25, 0.3) is 0 Å². The van der Waals surface area contributed by atoms with E-state index < -0.39 is 32.0 Å². The summed E-state index contributed by atoms with van der Waals surface area (Å²) in [7, 11) is -4.63. The first-order valence-corrected chi connectivity index (χ1v) is 15.1. The molecule has 0 aromatic heterocycles. The van der Waals surface area contributed by atoms with Gasteiger partial charge in [0, 0.05) is 19.2 Å². The SMILES string of the molecule is COc1ccc(OC)c(N([C@@H](C)C(=O)NCCOc2ccc(S(=O)(=O)N3CCOCC3)cc2)S(C)(=O)=O)c1. The quantitative estimate of drug-likeness (QED) is 0.371. The summed E-state index contributed by atoms with van der Waals surface area (Å²) in [6.07, 6.45) is 1.00. The average molecular weight is 572 g/mol. The molecule has 1 saturated heterocycles. The fourth-order valence-corrected chi connectivity index (χ4v) is 6.46. The molecule has 0 spiro atoms. The van der Waals surface area contributed by atoms with Crippen LogP contribution in [-0.2, 0) is 29.6 Å². The van der Waals surface area contributed by atoms with Gasteiger partial charge >= 0.3 is 0 Å². The van der Waals surface area contributed by atoms with Crippen LogP contribution in [0, 0.1) is 0 Å². The van der Waals surface area contributed by atoms with Crippen LogP contribution in [0.2, 0.25) is 0 Å². The van der Waals surface area contributed by atoms with Gasteiger partial charge in [0.1, 0.15) is 29.9 Å². The third-order valence-corrected chi connectivity index (χ3v) is 8.95. The predicted molar refractivity (Wildman–Crippen MR) is 141 cm³/mol. The monoisotopic (exact) mass is 571 g/mol. The molecule has 1 aliphatic heterocycles. The molecule has 1 amide bonds. The molecule has 0 bridgehead atoms. The largest absolute Gasteiger partial charge is 0.497 e. The van der Waals surface area contributed by atoms with Crippen molar-refractivity contribution in [2.24, 2.45) is 0 Å². The molecular formula is C24H33N3O9S2. The van der Waals surface area contributed by atoms with Crippen molar-refractivity contribution in [1.82, 2.24) is 9.62 Å². The van der Waals surface area contributed by atoms with Crippen LogP contribution in [0.1, 0.15) is 6.92 Å². The smallest absolute Gasteiger partial charge is 0.243 e. The van der Waals surface area contributed by atoms with Gasteiger partial charge in [-0.3, -0.25) is 9.10 Å². The third-order valence-electron chi connectivity index (χ3n) is 5.81. The molecule has 0 aliphatic carbocycles. The first-order valence-electron chi connectivity index (χ1n) is 11.8. The highest BCUT2D eigenvalue weighted by Crippen LogP contribution is 2.35. The van der Waals surface area contributed by atoms with E-state index in [0.29, 0.717) is 37.8 Å². The number of nitrogens with one attached hydrogen (secondary N) is 1. The number of hydrogen-bond donors (Lipinski definition) is 1. The van der Waals surface area contributed by atoms with Crippen molar-refractivity contribution in [3.8, 4) is 17.2 Å². The van der Waals surface area contributed by atoms with Crippen LogP contribution in [0.25, 0.3) is 0 Å². The van der Waals surface area contributed by atoms with Crippen LogP contribution in [0.5, 0.6) is 17.2 Å². The van der Waals surface area contributed by atoms with E-state index in [2.05, 4.69) is 5.32 Å². The van der Waals surface area contributed by atoms with Crippen LogP contribution in [-0.4, -0.2) is 93.0 Å². The molecule has 210 valence electrons. The first kappa shape index (κ1) is 29.5.